The summed E-state index contributed by atoms with van der Waals surface area (Å²) < 4.78 is 6.79. The Hall–Kier alpha value is -2.97. The van der Waals surface area contributed by atoms with Crippen molar-refractivity contribution in [3.05, 3.63) is 57.7 Å². The fourth-order valence-corrected chi connectivity index (χ4v) is 4.45. The number of aromatic nitrogens is 2. The molecule has 0 aliphatic rings. The number of rotatable bonds is 4. The van der Waals surface area contributed by atoms with Gasteiger partial charge in [0.1, 0.15) is 15.6 Å². The van der Waals surface area contributed by atoms with Crippen LogP contribution in [0, 0.1) is 0 Å². The number of amides is 1. The lowest BCUT2D eigenvalue weighted by Crippen LogP contribution is -2.14. The van der Waals surface area contributed by atoms with Crippen molar-refractivity contribution in [1.82, 2.24) is 9.55 Å². The number of carbonyl (C=O) groups excluding carboxylic acids is 2. The van der Waals surface area contributed by atoms with Gasteiger partial charge >= 0.3 is 5.97 Å². The Morgan fingerprint density at radius 3 is 2.78 bits per heavy atom. The molecule has 3 heterocycles. The number of methoxy groups -OCH3 is 1. The van der Waals surface area contributed by atoms with Crippen LogP contribution in [-0.4, -0.2) is 28.5 Å². The first-order valence-corrected chi connectivity index (χ1v) is 9.82. The van der Waals surface area contributed by atoms with Crippen molar-refractivity contribution in [3.8, 4) is 10.7 Å². The second-order valence-corrected chi connectivity index (χ2v) is 7.57. The highest BCUT2D eigenvalue weighted by Gasteiger charge is 2.19. The maximum Gasteiger partial charge on any atom is 0.350 e. The Morgan fingerprint density at radius 1 is 1.19 bits per heavy atom. The standard InChI is InChI=1S/C19H15N3O3S2/c1-22-14-6-4-3-5-11(14)9-15(22)18-21-13(10-27-18)17(23)20-12-7-8-26-16(12)19(24)25-2/h3-10H,1-2H3,(H,20,23). The number of nitrogens with zero attached hydrogens (tertiary/aromatic N) is 2. The summed E-state index contributed by atoms with van der Waals surface area (Å²) in [6, 6.07) is 11.8. The molecule has 1 aromatic carbocycles. The van der Waals surface area contributed by atoms with Gasteiger partial charge in [-0.1, -0.05) is 18.2 Å². The lowest BCUT2D eigenvalue weighted by molar-refractivity contribution is 0.0607. The lowest BCUT2D eigenvalue weighted by atomic mass is 10.2. The average molecular weight is 397 g/mol. The highest BCUT2D eigenvalue weighted by molar-refractivity contribution is 7.13. The molecule has 0 saturated heterocycles. The van der Waals surface area contributed by atoms with Gasteiger partial charge in [-0.25, -0.2) is 9.78 Å². The fourth-order valence-electron chi connectivity index (χ4n) is 2.83. The monoisotopic (exact) mass is 397 g/mol. The number of hydrogen-bond acceptors (Lipinski definition) is 6. The van der Waals surface area contributed by atoms with Gasteiger partial charge in [0, 0.05) is 23.3 Å². The van der Waals surface area contributed by atoms with E-state index in [9.17, 15) is 9.59 Å². The molecule has 4 aromatic rings. The lowest BCUT2D eigenvalue weighted by Gasteiger charge is -2.03. The van der Waals surface area contributed by atoms with E-state index in [2.05, 4.69) is 20.9 Å². The minimum Gasteiger partial charge on any atom is -0.465 e. The average Bonchev–Trinajstić information content (AvgIpc) is 3.40. The van der Waals surface area contributed by atoms with Crippen LogP contribution in [0.3, 0.4) is 0 Å². The predicted molar refractivity (Wildman–Crippen MR) is 108 cm³/mol. The van der Waals surface area contributed by atoms with E-state index in [1.807, 2.05) is 31.3 Å². The van der Waals surface area contributed by atoms with Gasteiger partial charge in [0.2, 0.25) is 0 Å². The van der Waals surface area contributed by atoms with Crippen molar-refractivity contribution < 1.29 is 14.3 Å². The van der Waals surface area contributed by atoms with Crippen LogP contribution in [0.25, 0.3) is 21.6 Å². The minimum absolute atomic E-state index is 0.308. The number of esters is 1. The molecular formula is C19H15N3O3S2. The summed E-state index contributed by atoms with van der Waals surface area (Å²) in [6.07, 6.45) is 0. The summed E-state index contributed by atoms with van der Waals surface area (Å²) in [7, 11) is 3.29. The number of anilines is 1. The molecule has 0 aliphatic heterocycles. The summed E-state index contributed by atoms with van der Waals surface area (Å²) in [4.78, 5) is 29.1. The molecule has 8 heteroatoms. The first kappa shape index (κ1) is 17.4. The van der Waals surface area contributed by atoms with E-state index in [0.717, 1.165) is 21.6 Å². The second kappa shape index (κ2) is 6.98. The van der Waals surface area contributed by atoms with Crippen LogP contribution in [0.5, 0.6) is 0 Å². The topological polar surface area (TPSA) is 73.2 Å². The SMILES string of the molecule is COC(=O)c1sccc1NC(=O)c1csc(-c2cc3ccccc3n2C)n1. The van der Waals surface area contributed by atoms with E-state index < -0.39 is 5.97 Å². The Bertz CT molecular complexity index is 1160. The molecule has 0 bridgehead atoms. The van der Waals surface area contributed by atoms with Crippen molar-refractivity contribution in [1.29, 1.82) is 0 Å². The van der Waals surface area contributed by atoms with E-state index >= 15 is 0 Å². The molecule has 1 N–H and O–H groups in total. The Kier molecular flexibility index (Phi) is 4.51. The van der Waals surface area contributed by atoms with Gasteiger partial charge in [-0.2, -0.15) is 0 Å². The van der Waals surface area contributed by atoms with E-state index in [4.69, 9.17) is 4.74 Å². The molecule has 4 rings (SSSR count). The van der Waals surface area contributed by atoms with Crippen molar-refractivity contribution in [2.75, 3.05) is 12.4 Å². The smallest absolute Gasteiger partial charge is 0.350 e. The van der Waals surface area contributed by atoms with Crippen LogP contribution in [0.4, 0.5) is 5.69 Å². The van der Waals surface area contributed by atoms with Crippen molar-refractivity contribution in [3.63, 3.8) is 0 Å². The number of para-hydroxylation sites is 1. The first-order chi connectivity index (χ1) is 13.1. The molecule has 0 spiro atoms. The highest BCUT2D eigenvalue weighted by atomic mass is 32.1. The van der Waals surface area contributed by atoms with E-state index in [0.29, 0.717) is 16.3 Å². The van der Waals surface area contributed by atoms with E-state index in [1.54, 1.807) is 16.8 Å². The van der Waals surface area contributed by atoms with Gasteiger partial charge in [0.25, 0.3) is 5.91 Å². The maximum atomic E-state index is 12.6. The summed E-state index contributed by atoms with van der Waals surface area (Å²) in [5.74, 6) is -0.838. The molecule has 1 amide bonds. The van der Waals surface area contributed by atoms with Crippen LogP contribution in [0.15, 0.2) is 47.2 Å². The third-order valence-corrected chi connectivity index (χ3v) is 5.95. The molecule has 6 nitrogen and oxygen atoms in total. The molecule has 0 aliphatic carbocycles. The minimum atomic E-state index is -0.477. The summed E-state index contributed by atoms with van der Waals surface area (Å²) in [6.45, 7) is 0. The number of aryl methyl sites for hydroxylation is 1. The van der Waals surface area contributed by atoms with Crippen molar-refractivity contribution in [2.45, 2.75) is 0 Å². The molecule has 0 saturated carbocycles. The molecule has 27 heavy (non-hydrogen) atoms. The van der Waals surface area contributed by atoms with Crippen molar-refractivity contribution >= 4 is 51.1 Å². The van der Waals surface area contributed by atoms with Gasteiger partial charge in [0.05, 0.1) is 18.5 Å². The molecule has 3 aromatic heterocycles. The predicted octanol–water partition coefficient (Wildman–Crippen LogP) is 4.40. The summed E-state index contributed by atoms with van der Waals surface area (Å²) in [5, 5.41) is 8.06. The summed E-state index contributed by atoms with van der Waals surface area (Å²) in [5.41, 5.74) is 2.79. The van der Waals surface area contributed by atoms with Gasteiger partial charge in [-0.15, -0.1) is 22.7 Å². The third-order valence-electron chi connectivity index (χ3n) is 4.19. The Labute approximate surface area is 163 Å². The largest absolute Gasteiger partial charge is 0.465 e. The maximum absolute atomic E-state index is 12.6. The number of benzene rings is 1. The van der Waals surface area contributed by atoms with Crippen LogP contribution in [-0.2, 0) is 11.8 Å². The van der Waals surface area contributed by atoms with Crippen molar-refractivity contribution in [2.24, 2.45) is 7.05 Å². The molecule has 136 valence electrons. The van der Waals surface area contributed by atoms with Crippen LogP contribution in [0.2, 0.25) is 0 Å². The Morgan fingerprint density at radius 2 is 2.00 bits per heavy atom. The third kappa shape index (κ3) is 3.13. The van der Waals surface area contributed by atoms with E-state index in [-0.39, 0.29) is 5.91 Å². The van der Waals surface area contributed by atoms with Gasteiger partial charge in [-0.05, 0) is 23.6 Å². The molecule has 0 atom stereocenters. The van der Waals surface area contributed by atoms with Crippen LogP contribution < -0.4 is 5.32 Å². The zero-order valence-corrected chi connectivity index (χ0v) is 16.2. The number of nitrogens with one attached hydrogen (secondary N) is 1. The normalized spacial score (nSPS) is 10.9. The number of thiophene rings is 1. The number of fused-ring (bicyclic) bond motifs is 1. The zero-order valence-electron chi connectivity index (χ0n) is 14.6. The number of thiazole rings is 1. The molecule has 0 radical (unpaired) electrons. The zero-order chi connectivity index (χ0) is 19.0. The number of ether oxygens (including phenoxy) is 1. The Balaban J connectivity index is 1.61. The quantitative estimate of drug-likeness (QED) is 0.518. The van der Waals surface area contributed by atoms with E-state index in [1.165, 1.54) is 29.8 Å². The number of carbonyl (C=O) groups is 2. The van der Waals surface area contributed by atoms with Gasteiger partial charge < -0.3 is 14.6 Å². The fraction of sp³-hybridized carbons (Fsp3) is 0.105. The molecular weight excluding hydrogens is 382 g/mol. The van der Waals surface area contributed by atoms with Crippen LogP contribution in [0.1, 0.15) is 20.2 Å². The number of hydrogen-bond donors (Lipinski definition) is 1. The van der Waals surface area contributed by atoms with Gasteiger partial charge in [-0.3, -0.25) is 4.79 Å². The van der Waals surface area contributed by atoms with Crippen LogP contribution >= 0.6 is 22.7 Å². The molecule has 0 fully saturated rings. The molecule has 0 unspecified atom stereocenters. The first-order valence-electron chi connectivity index (χ1n) is 8.06. The summed E-state index contributed by atoms with van der Waals surface area (Å²) >= 11 is 2.62. The highest BCUT2D eigenvalue weighted by Crippen LogP contribution is 2.30. The second-order valence-electron chi connectivity index (χ2n) is 5.79. The van der Waals surface area contributed by atoms with Gasteiger partial charge in [0.15, 0.2) is 0 Å².